The van der Waals surface area contributed by atoms with Gasteiger partial charge in [0.1, 0.15) is 4.75 Å². The molecule has 0 spiro atoms. The van der Waals surface area contributed by atoms with Crippen LogP contribution in [-0.2, 0) is 15.7 Å². The van der Waals surface area contributed by atoms with Gasteiger partial charge in [-0.2, -0.15) is 18.2 Å². The second kappa shape index (κ2) is 7.46. The van der Waals surface area contributed by atoms with Gasteiger partial charge >= 0.3 is 6.18 Å². The van der Waals surface area contributed by atoms with Crippen LogP contribution in [0.1, 0.15) is 36.6 Å². The van der Waals surface area contributed by atoms with Gasteiger partial charge in [0.05, 0.1) is 18.7 Å². The molecule has 0 radical (unpaired) electrons. The monoisotopic (exact) mass is 409 g/mol. The third-order valence-electron chi connectivity index (χ3n) is 4.48. The fourth-order valence-electron chi connectivity index (χ4n) is 2.92. The number of carbonyl (C=O) groups excluding carboxylic acids is 1. The van der Waals surface area contributed by atoms with E-state index in [0.29, 0.717) is 11.4 Å². The quantitative estimate of drug-likeness (QED) is 0.816. The van der Waals surface area contributed by atoms with Crippen molar-refractivity contribution in [1.82, 2.24) is 10.3 Å². The number of ether oxygens (including phenoxy) is 1. The average molecular weight is 409 g/mol. The molecule has 0 fully saturated rings. The molecule has 0 aliphatic carbocycles. The lowest BCUT2D eigenvalue weighted by molar-refractivity contribution is -0.138. The van der Waals surface area contributed by atoms with Gasteiger partial charge in [0, 0.05) is 12.3 Å². The summed E-state index contributed by atoms with van der Waals surface area (Å²) in [7, 11) is 1.47. The van der Waals surface area contributed by atoms with Gasteiger partial charge < -0.3 is 10.1 Å². The standard InChI is InChI=1S/C19H18F3N3O2S/c1-11(13-6-4-5-7-14(13)19(20,21)22)24-17-25-16(26)18(2,28-17)12-8-9-23-15(10-12)27-3/h4-11H,1-3H3,(H,24,25,26)/t11-,18?/m0/s1. The molecular weight excluding hydrogens is 391 g/mol. The first-order valence-corrected chi connectivity index (χ1v) is 9.22. The summed E-state index contributed by atoms with van der Waals surface area (Å²) in [6, 6.07) is 7.99. The summed E-state index contributed by atoms with van der Waals surface area (Å²) < 4.78 is 43.9. The Labute approximate surface area is 164 Å². The van der Waals surface area contributed by atoms with Gasteiger partial charge in [-0.15, -0.1) is 0 Å². The predicted molar refractivity (Wildman–Crippen MR) is 101 cm³/mol. The smallest absolute Gasteiger partial charge is 0.416 e. The number of amides is 1. The lowest BCUT2D eigenvalue weighted by Gasteiger charge is -2.23. The summed E-state index contributed by atoms with van der Waals surface area (Å²) in [4.78, 5) is 20.6. The van der Waals surface area contributed by atoms with Crippen molar-refractivity contribution >= 4 is 22.8 Å². The second-order valence-corrected chi connectivity index (χ2v) is 7.80. The van der Waals surface area contributed by atoms with Gasteiger partial charge in [-0.05, 0) is 37.1 Å². The Morgan fingerprint density at radius 1 is 1.25 bits per heavy atom. The summed E-state index contributed by atoms with van der Waals surface area (Å²) in [6.45, 7) is 3.31. The fraction of sp³-hybridized carbons (Fsp3) is 0.316. The van der Waals surface area contributed by atoms with Gasteiger partial charge in [0.15, 0.2) is 5.17 Å². The van der Waals surface area contributed by atoms with Crippen LogP contribution >= 0.6 is 11.8 Å². The van der Waals surface area contributed by atoms with E-state index in [2.05, 4.69) is 15.3 Å². The molecule has 1 aliphatic rings. The van der Waals surface area contributed by atoms with Crippen LogP contribution < -0.4 is 10.1 Å². The van der Waals surface area contributed by atoms with Crippen molar-refractivity contribution in [3.8, 4) is 5.88 Å². The molecule has 1 amide bonds. The van der Waals surface area contributed by atoms with Crippen LogP contribution in [0, 0.1) is 0 Å². The molecule has 1 unspecified atom stereocenters. The molecule has 2 aromatic rings. The first-order valence-electron chi connectivity index (χ1n) is 8.40. The summed E-state index contributed by atoms with van der Waals surface area (Å²) in [5.41, 5.74) is 0.0229. The number of alkyl halides is 3. The summed E-state index contributed by atoms with van der Waals surface area (Å²) in [5, 5.41) is 3.21. The van der Waals surface area contributed by atoms with Gasteiger partial charge in [-0.3, -0.25) is 4.79 Å². The van der Waals surface area contributed by atoms with Crippen molar-refractivity contribution in [3.63, 3.8) is 0 Å². The highest BCUT2D eigenvalue weighted by molar-refractivity contribution is 8.15. The minimum Gasteiger partial charge on any atom is -0.481 e. The Balaban J connectivity index is 1.82. The molecule has 0 saturated heterocycles. The number of methoxy groups -OCH3 is 1. The zero-order valence-electron chi connectivity index (χ0n) is 15.4. The van der Waals surface area contributed by atoms with Crippen molar-refractivity contribution in [2.75, 3.05) is 7.11 Å². The van der Waals surface area contributed by atoms with Crippen molar-refractivity contribution < 1.29 is 22.7 Å². The van der Waals surface area contributed by atoms with Crippen LogP contribution in [0.2, 0.25) is 0 Å². The van der Waals surface area contributed by atoms with E-state index < -0.39 is 28.4 Å². The Morgan fingerprint density at radius 3 is 2.64 bits per heavy atom. The number of nitrogens with zero attached hydrogens (tertiary/aromatic N) is 2. The maximum Gasteiger partial charge on any atom is 0.416 e. The SMILES string of the molecule is COc1cc(C2(C)SC(N[C@@H](C)c3ccccc3C(F)(F)F)=NC2=O)ccn1. The van der Waals surface area contributed by atoms with Crippen LogP contribution in [0.25, 0.3) is 0 Å². The van der Waals surface area contributed by atoms with E-state index in [1.807, 2.05) is 0 Å². The number of nitrogens with one attached hydrogen (secondary N) is 1. The number of thioether (sulfide) groups is 1. The summed E-state index contributed by atoms with van der Waals surface area (Å²) >= 11 is 1.15. The van der Waals surface area contributed by atoms with Crippen LogP contribution in [-0.4, -0.2) is 23.2 Å². The van der Waals surface area contributed by atoms with E-state index in [1.54, 1.807) is 32.0 Å². The maximum atomic E-state index is 13.3. The number of rotatable bonds is 4. The molecule has 1 N–H and O–H groups in total. The van der Waals surface area contributed by atoms with Crippen molar-refractivity contribution in [3.05, 3.63) is 59.3 Å². The minimum absolute atomic E-state index is 0.0879. The number of amidine groups is 1. The summed E-state index contributed by atoms with van der Waals surface area (Å²) in [5.74, 6) is -0.0365. The molecule has 3 rings (SSSR count). The topological polar surface area (TPSA) is 63.6 Å². The Bertz CT molecular complexity index is 933. The molecule has 9 heteroatoms. The van der Waals surface area contributed by atoms with Gasteiger partial charge in [-0.25, -0.2) is 4.98 Å². The molecular formula is C19H18F3N3O2S. The third-order valence-corrected chi connectivity index (χ3v) is 5.70. The number of hydrogen-bond donors (Lipinski definition) is 1. The number of pyridine rings is 1. The first-order chi connectivity index (χ1) is 13.1. The molecule has 28 heavy (non-hydrogen) atoms. The highest BCUT2D eigenvalue weighted by Crippen LogP contribution is 2.43. The van der Waals surface area contributed by atoms with E-state index in [1.165, 1.54) is 25.4 Å². The average Bonchev–Trinajstić information content (AvgIpc) is 2.95. The van der Waals surface area contributed by atoms with Crippen LogP contribution in [0.15, 0.2) is 47.6 Å². The molecule has 1 aromatic heterocycles. The van der Waals surface area contributed by atoms with E-state index in [0.717, 1.165) is 17.8 Å². The molecule has 2 atom stereocenters. The van der Waals surface area contributed by atoms with E-state index in [9.17, 15) is 18.0 Å². The number of aromatic nitrogens is 1. The van der Waals surface area contributed by atoms with E-state index in [4.69, 9.17) is 4.74 Å². The molecule has 2 heterocycles. The van der Waals surface area contributed by atoms with Crippen LogP contribution in [0.3, 0.4) is 0 Å². The predicted octanol–water partition coefficient (Wildman–Crippen LogP) is 4.30. The van der Waals surface area contributed by atoms with Gasteiger partial charge in [0.25, 0.3) is 5.91 Å². The van der Waals surface area contributed by atoms with Gasteiger partial charge in [0.2, 0.25) is 5.88 Å². The molecule has 5 nitrogen and oxygen atoms in total. The Morgan fingerprint density at radius 2 is 1.96 bits per heavy atom. The number of hydrogen-bond acceptors (Lipinski definition) is 5. The highest BCUT2D eigenvalue weighted by Gasteiger charge is 2.43. The molecule has 0 bridgehead atoms. The molecule has 1 aromatic carbocycles. The molecule has 0 saturated carbocycles. The Kier molecular flexibility index (Phi) is 5.38. The zero-order valence-corrected chi connectivity index (χ0v) is 16.2. The maximum absolute atomic E-state index is 13.3. The number of aliphatic imine (C=N–C) groups is 1. The van der Waals surface area contributed by atoms with Crippen molar-refractivity contribution in [2.45, 2.75) is 30.8 Å². The number of carbonyl (C=O) groups is 1. The van der Waals surface area contributed by atoms with Crippen molar-refractivity contribution in [2.24, 2.45) is 4.99 Å². The van der Waals surface area contributed by atoms with E-state index in [-0.39, 0.29) is 10.7 Å². The van der Waals surface area contributed by atoms with Crippen LogP contribution in [0.5, 0.6) is 5.88 Å². The minimum atomic E-state index is -4.46. The van der Waals surface area contributed by atoms with Gasteiger partial charge in [-0.1, -0.05) is 30.0 Å². The summed E-state index contributed by atoms with van der Waals surface area (Å²) in [6.07, 6.45) is -2.93. The van der Waals surface area contributed by atoms with E-state index >= 15 is 0 Å². The number of benzene rings is 1. The molecule has 148 valence electrons. The number of halogens is 3. The van der Waals surface area contributed by atoms with Crippen molar-refractivity contribution in [1.29, 1.82) is 0 Å². The fourth-order valence-corrected chi connectivity index (χ4v) is 4.05. The lowest BCUT2D eigenvalue weighted by Crippen LogP contribution is -2.27. The molecule has 1 aliphatic heterocycles. The highest BCUT2D eigenvalue weighted by atomic mass is 32.2. The zero-order chi connectivity index (χ0) is 20.5. The normalized spacial score (nSPS) is 20.6. The largest absolute Gasteiger partial charge is 0.481 e. The first kappa shape index (κ1) is 20.2. The second-order valence-electron chi connectivity index (χ2n) is 6.40. The Hall–Kier alpha value is -2.55. The lowest BCUT2D eigenvalue weighted by atomic mass is 10.0. The van der Waals surface area contributed by atoms with Crippen LogP contribution in [0.4, 0.5) is 13.2 Å². The third kappa shape index (κ3) is 3.84.